The first kappa shape index (κ1) is 10.9. The Morgan fingerprint density at radius 3 is 2.86 bits per heavy atom. The van der Waals surface area contributed by atoms with Gasteiger partial charge in [0, 0.05) is 6.54 Å². The van der Waals surface area contributed by atoms with Crippen LogP contribution in [0.15, 0.2) is 0 Å². The molecule has 1 amide bonds. The second-order valence-electron chi connectivity index (χ2n) is 2.77. The van der Waals surface area contributed by atoms with Gasteiger partial charge in [-0.2, -0.15) is 0 Å². The van der Waals surface area contributed by atoms with Crippen LogP contribution in [0.4, 0.5) is 0 Å². The number of hydrogen-bond acceptors (Lipinski definition) is 5. The largest absolute Gasteiger partial charge is 0.462 e. The highest BCUT2D eigenvalue weighted by Crippen LogP contribution is 1.98. The third-order valence-corrected chi connectivity index (χ3v) is 1.75. The lowest BCUT2D eigenvalue weighted by Crippen LogP contribution is -2.42. The molecule has 6 nitrogen and oxygen atoms in total. The van der Waals surface area contributed by atoms with E-state index in [9.17, 15) is 9.59 Å². The predicted octanol–water partition coefficient (Wildman–Crippen LogP) is -1.31. The van der Waals surface area contributed by atoms with E-state index in [1.807, 2.05) is 0 Å². The van der Waals surface area contributed by atoms with Crippen molar-refractivity contribution in [2.24, 2.45) is 0 Å². The second-order valence-corrected chi connectivity index (χ2v) is 2.77. The van der Waals surface area contributed by atoms with Crippen LogP contribution in [-0.4, -0.2) is 51.5 Å². The van der Waals surface area contributed by atoms with Crippen molar-refractivity contribution in [2.75, 3.05) is 33.5 Å². The number of carbonyl (C=O) groups is 2. The fourth-order valence-corrected chi connectivity index (χ4v) is 1.03. The van der Waals surface area contributed by atoms with Crippen molar-refractivity contribution in [2.45, 2.75) is 6.10 Å². The minimum Gasteiger partial charge on any atom is -0.462 e. The monoisotopic (exact) mass is 203 g/mol. The minimum atomic E-state index is -0.901. The Labute approximate surface area is 81.5 Å². The maximum Gasteiger partial charge on any atom is 0.396 e. The number of methoxy groups -OCH3 is 1. The number of ether oxygens (including phenoxy) is 3. The number of rotatable bonds is 2. The Morgan fingerprint density at radius 2 is 2.29 bits per heavy atom. The fraction of sp³-hybridized carbons (Fsp3) is 0.750. The van der Waals surface area contributed by atoms with Gasteiger partial charge in [-0.15, -0.1) is 0 Å². The van der Waals surface area contributed by atoms with Gasteiger partial charge in [0.1, 0.15) is 0 Å². The van der Waals surface area contributed by atoms with Gasteiger partial charge in [-0.25, -0.2) is 4.79 Å². The summed E-state index contributed by atoms with van der Waals surface area (Å²) in [5.74, 6) is -1.66. The van der Waals surface area contributed by atoms with Gasteiger partial charge in [0.05, 0.1) is 33.0 Å². The highest BCUT2D eigenvalue weighted by Gasteiger charge is 2.18. The lowest BCUT2D eigenvalue weighted by Gasteiger charge is -2.22. The van der Waals surface area contributed by atoms with Crippen LogP contribution < -0.4 is 5.32 Å². The van der Waals surface area contributed by atoms with Crippen LogP contribution in [0.5, 0.6) is 0 Å². The third-order valence-electron chi connectivity index (χ3n) is 1.75. The summed E-state index contributed by atoms with van der Waals surface area (Å²) in [7, 11) is 1.15. The van der Waals surface area contributed by atoms with E-state index < -0.39 is 11.9 Å². The van der Waals surface area contributed by atoms with E-state index in [4.69, 9.17) is 9.47 Å². The summed E-state index contributed by atoms with van der Waals surface area (Å²) in [4.78, 5) is 21.6. The Balaban J connectivity index is 2.18. The zero-order chi connectivity index (χ0) is 10.4. The molecule has 6 heteroatoms. The molecule has 1 aliphatic rings. The molecule has 0 radical (unpaired) electrons. The van der Waals surface area contributed by atoms with Crippen molar-refractivity contribution in [1.82, 2.24) is 5.32 Å². The van der Waals surface area contributed by atoms with Crippen molar-refractivity contribution in [3.63, 3.8) is 0 Å². The molecule has 1 aliphatic heterocycles. The van der Waals surface area contributed by atoms with E-state index in [0.29, 0.717) is 19.8 Å². The van der Waals surface area contributed by atoms with E-state index in [0.717, 1.165) is 7.11 Å². The zero-order valence-electron chi connectivity index (χ0n) is 7.95. The topological polar surface area (TPSA) is 73.9 Å². The molecule has 0 aliphatic carbocycles. The van der Waals surface area contributed by atoms with Gasteiger partial charge in [0.25, 0.3) is 0 Å². The van der Waals surface area contributed by atoms with Crippen LogP contribution in [0, 0.1) is 0 Å². The molecule has 0 bridgehead atoms. The van der Waals surface area contributed by atoms with Crippen LogP contribution in [0.2, 0.25) is 0 Å². The normalized spacial score (nSPS) is 21.4. The Kier molecular flexibility index (Phi) is 4.34. The maximum atomic E-state index is 10.9. The summed E-state index contributed by atoms with van der Waals surface area (Å²) in [6.45, 7) is 1.77. The summed E-state index contributed by atoms with van der Waals surface area (Å²) in [5, 5.41) is 2.38. The van der Waals surface area contributed by atoms with Gasteiger partial charge in [0.15, 0.2) is 0 Å². The number of nitrogens with one attached hydrogen (secondary N) is 1. The molecule has 1 saturated heterocycles. The van der Waals surface area contributed by atoms with Gasteiger partial charge in [-0.1, -0.05) is 0 Å². The average Bonchev–Trinajstić information content (AvgIpc) is 2.26. The van der Waals surface area contributed by atoms with Crippen molar-refractivity contribution < 1.29 is 23.8 Å². The molecule has 0 aromatic heterocycles. The van der Waals surface area contributed by atoms with Crippen LogP contribution in [0.3, 0.4) is 0 Å². The molecule has 1 N–H and O–H groups in total. The molecule has 80 valence electrons. The molecule has 14 heavy (non-hydrogen) atoms. The molecule has 1 fully saturated rings. The van der Waals surface area contributed by atoms with E-state index in [-0.39, 0.29) is 12.6 Å². The van der Waals surface area contributed by atoms with Crippen molar-refractivity contribution in [3.8, 4) is 0 Å². The van der Waals surface area contributed by atoms with Gasteiger partial charge in [-0.05, 0) is 0 Å². The van der Waals surface area contributed by atoms with Gasteiger partial charge < -0.3 is 19.5 Å². The first-order chi connectivity index (χ1) is 6.74. The number of esters is 1. The third kappa shape index (κ3) is 3.31. The second kappa shape index (κ2) is 5.56. The lowest BCUT2D eigenvalue weighted by atomic mass is 10.3. The van der Waals surface area contributed by atoms with Crippen LogP contribution in [-0.2, 0) is 23.8 Å². The highest BCUT2D eigenvalue weighted by molar-refractivity contribution is 6.32. The number of carbonyl (C=O) groups excluding carboxylic acids is 2. The molecule has 0 spiro atoms. The number of hydrogen-bond donors (Lipinski definition) is 1. The smallest absolute Gasteiger partial charge is 0.396 e. The van der Waals surface area contributed by atoms with Crippen molar-refractivity contribution in [3.05, 3.63) is 0 Å². The van der Waals surface area contributed by atoms with Gasteiger partial charge >= 0.3 is 11.9 Å². The SMILES string of the molecule is COC(=O)C(=O)NCC1COCCO1. The first-order valence-electron chi connectivity index (χ1n) is 4.29. The summed E-state index contributed by atoms with van der Waals surface area (Å²) >= 11 is 0. The van der Waals surface area contributed by atoms with Crippen molar-refractivity contribution >= 4 is 11.9 Å². The minimum absolute atomic E-state index is 0.183. The summed E-state index contributed by atoms with van der Waals surface area (Å²) in [6, 6.07) is 0. The Bertz CT molecular complexity index is 212. The molecule has 1 rings (SSSR count). The van der Waals surface area contributed by atoms with Crippen LogP contribution in [0.1, 0.15) is 0 Å². The molecular formula is C8H13NO5. The van der Waals surface area contributed by atoms with E-state index in [2.05, 4.69) is 10.1 Å². The average molecular weight is 203 g/mol. The maximum absolute atomic E-state index is 10.9. The standard InChI is InChI=1S/C8H13NO5/c1-12-8(11)7(10)9-4-6-5-13-2-3-14-6/h6H,2-5H2,1H3,(H,9,10). The van der Waals surface area contributed by atoms with E-state index in [1.54, 1.807) is 0 Å². The Hall–Kier alpha value is -1.14. The molecular weight excluding hydrogens is 190 g/mol. The zero-order valence-corrected chi connectivity index (χ0v) is 7.95. The Morgan fingerprint density at radius 1 is 1.50 bits per heavy atom. The lowest BCUT2D eigenvalue weighted by molar-refractivity contribution is -0.153. The molecule has 1 heterocycles. The first-order valence-corrected chi connectivity index (χ1v) is 4.29. The fourth-order valence-electron chi connectivity index (χ4n) is 1.03. The van der Waals surface area contributed by atoms with Gasteiger partial charge in [-0.3, -0.25) is 4.79 Å². The molecule has 1 atom stereocenters. The van der Waals surface area contributed by atoms with Gasteiger partial charge in [0.2, 0.25) is 0 Å². The summed E-state index contributed by atoms with van der Waals surface area (Å²) in [6.07, 6.45) is -0.183. The molecule has 0 aromatic carbocycles. The van der Waals surface area contributed by atoms with Crippen molar-refractivity contribution in [1.29, 1.82) is 0 Å². The summed E-state index contributed by atoms with van der Waals surface area (Å²) < 4.78 is 14.6. The van der Waals surface area contributed by atoms with E-state index >= 15 is 0 Å². The van der Waals surface area contributed by atoms with Crippen LogP contribution in [0.25, 0.3) is 0 Å². The predicted molar refractivity (Wildman–Crippen MR) is 45.6 cm³/mol. The molecule has 1 unspecified atom stereocenters. The molecule has 0 aromatic rings. The van der Waals surface area contributed by atoms with E-state index in [1.165, 1.54) is 0 Å². The van der Waals surface area contributed by atoms with Crippen LogP contribution >= 0.6 is 0 Å². The summed E-state index contributed by atoms with van der Waals surface area (Å²) in [5.41, 5.74) is 0. The number of amides is 1. The quantitative estimate of drug-likeness (QED) is 0.445. The molecule has 0 saturated carbocycles. The highest BCUT2D eigenvalue weighted by atomic mass is 16.6.